The third kappa shape index (κ3) is 7.10. The zero-order valence-corrected chi connectivity index (χ0v) is 25.3. The lowest BCUT2D eigenvalue weighted by Gasteiger charge is -2.33. The van der Waals surface area contributed by atoms with Gasteiger partial charge < -0.3 is 24.4 Å². The van der Waals surface area contributed by atoms with Crippen LogP contribution in [-0.4, -0.2) is 64.9 Å². The molecule has 3 heterocycles. The van der Waals surface area contributed by atoms with E-state index >= 15 is 0 Å². The van der Waals surface area contributed by atoms with Gasteiger partial charge in [0, 0.05) is 11.9 Å². The van der Waals surface area contributed by atoms with Crippen LogP contribution in [0.1, 0.15) is 83.0 Å². The van der Waals surface area contributed by atoms with E-state index in [0.717, 1.165) is 5.56 Å². The maximum atomic E-state index is 13.0. The lowest BCUT2D eigenvalue weighted by atomic mass is 10.00. The molecule has 6 rings (SSSR count). The highest BCUT2D eigenvalue weighted by Crippen LogP contribution is 2.40. The Morgan fingerprint density at radius 1 is 1.05 bits per heavy atom. The standard InChI is InChI=1S/C33H35N3O7S/c1-20(34-31(38)28-14-16-44-35-28)30(23-8-6-22(7-9-23)21-4-5-21)42-26-12-10-24(11-13-26)33(40)43-27-3-2-15-36(18-27)32(39)25-17-29(37)41-19-25/h6-14,16,20-21,25,27,30H,2-5,15,17-19H2,1H3,(H,34,38)/t20?,25-,27+,30?/m1/s1. The van der Waals surface area contributed by atoms with Gasteiger partial charge in [0.25, 0.3) is 5.91 Å². The summed E-state index contributed by atoms with van der Waals surface area (Å²) < 4.78 is 21.3. The topological polar surface area (TPSA) is 124 Å². The number of amides is 2. The molecular weight excluding hydrogens is 582 g/mol. The summed E-state index contributed by atoms with van der Waals surface area (Å²) in [5.41, 5.74) is 2.96. The second-order valence-corrected chi connectivity index (χ2v) is 12.4. The van der Waals surface area contributed by atoms with E-state index in [-0.39, 0.29) is 36.9 Å². The molecule has 0 radical (unpaired) electrons. The second kappa shape index (κ2) is 13.2. The Hall–Kier alpha value is -4.25. The molecule has 10 nitrogen and oxygen atoms in total. The highest BCUT2D eigenvalue weighted by Gasteiger charge is 2.36. The fourth-order valence-electron chi connectivity index (χ4n) is 5.72. The molecule has 1 aliphatic carbocycles. The molecule has 11 heteroatoms. The first-order valence-corrected chi connectivity index (χ1v) is 15.9. The summed E-state index contributed by atoms with van der Waals surface area (Å²) in [5, 5.41) is 4.77. The normalized spacial score (nSPS) is 21.2. The van der Waals surface area contributed by atoms with Gasteiger partial charge >= 0.3 is 11.9 Å². The molecule has 3 aromatic rings. The van der Waals surface area contributed by atoms with Gasteiger partial charge in [0.15, 0.2) is 0 Å². The van der Waals surface area contributed by atoms with Crippen molar-refractivity contribution in [2.24, 2.45) is 5.92 Å². The van der Waals surface area contributed by atoms with Gasteiger partial charge in [0.05, 0.1) is 30.5 Å². The Morgan fingerprint density at radius 2 is 1.82 bits per heavy atom. The van der Waals surface area contributed by atoms with Gasteiger partial charge in [-0.3, -0.25) is 14.4 Å². The summed E-state index contributed by atoms with van der Waals surface area (Å²) >= 11 is 1.22. The number of esters is 2. The molecule has 3 aliphatic rings. The first kappa shape index (κ1) is 29.8. The van der Waals surface area contributed by atoms with E-state index in [1.54, 1.807) is 40.6 Å². The number of carbonyl (C=O) groups excluding carboxylic acids is 4. The van der Waals surface area contributed by atoms with Crippen LogP contribution >= 0.6 is 11.5 Å². The number of hydrogen-bond donors (Lipinski definition) is 1. The number of likely N-dealkylation sites (tertiary alicyclic amines) is 1. The molecule has 0 bridgehead atoms. The Balaban J connectivity index is 1.09. The van der Waals surface area contributed by atoms with E-state index in [2.05, 4.69) is 21.8 Å². The van der Waals surface area contributed by atoms with Crippen LogP contribution in [0, 0.1) is 5.92 Å². The number of cyclic esters (lactones) is 1. The summed E-state index contributed by atoms with van der Waals surface area (Å²) in [6.45, 7) is 2.86. The Morgan fingerprint density at radius 3 is 2.48 bits per heavy atom. The van der Waals surface area contributed by atoms with Crippen molar-refractivity contribution >= 4 is 35.3 Å². The number of benzene rings is 2. The molecule has 44 heavy (non-hydrogen) atoms. The van der Waals surface area contributed by atoms with Crippen LogP contribution in [0.25, 0.3) is 0 Å². The average Bonchev–Trinajstić information content (AvgIpc) is 3.55. The minimum Gasteiger partial charge on any atom is -0.484 e. The minimum absolute atomic E-state index is 0.0950. The number of rotatable bonds is 10. The Labute approximate surface area is 259 Å². The summed E-state index contributed by atoms with van der Waals surface area (Å²) in [7, 11) is 0. The van der Waals surface area contributed by atoms with E-state index in [9.17, 15) is 19.2 Å². The third-order valence-corrected chi connectivity index (χ3v) is 8.88. The van der Waals surface area contributed by atoms with Crippen LogP contribution in [0.15, 0.2) is 60.0 Å². The van der Waals surface area contributed by atoms with Gasteiger partial charge in [-0.15, -0.1) is 0 Å². The smallest absolute Gasteiger partial charge is 0.338 e. The van der Waals surface area contributed by atoms with Crippen molar-refractivity contribution in [1.29, 1.82) is 0 Å². The zero-order chi connectivity index (χ0) is 30.6. The van der Waals surface area contributed by atoms with Crippen molar-refractivity contribution in [1.82, 2.24) is 14.6 Å². The van der Waals surface area contributed by atoms with Gasteiger partial charge in [-0.1, -0.05) is 24.3 Å². The van der Waals surface area contributed by atoms with Crippen LogP contribution < -0.4 is 10.1 Å². The number of aromatic nitrogens is 1. The van der Waals surface area contributed by atoms with Crippen LogP contribution in [-0.2, 0) is 19.1 Å². The predicted molar refractivity (Wildman–Crippen MR) is 161 cm³/mol. The fraction of sp³-hybridized carbons (Fsp3) is 0.424. The van der Waals surface area contributed by atoms with Crippen molar-refractivity contribution < 1.29 is 33.4 Å². The van der Waals surface area contributed by atoms with Gasteiger partial charge in [0.2, 0.25) is 5.91 Å². The van der Waals surface area contributed by atoms with Crippen LogP contribution in [0.4, 0.5) is 0 Å². The number of carbonyl (C=O) groups is 4. The molecule has 0 spiro atoms. The van der Waals surface area contributed by atoms with Crippen molar-refractivity contribution in [2.45, 2.75) is 63.2 Å². The maximum Gasteiger partial charge on any atom is 0.338 e. The highest BCUT2D eigenvalue weighted by molar-refractivity contribution is 7.03. The molecule has 3 fully saturated rings. The molecule has 4 atom stereocenters. The summed E-state index contributed by atoms with van der Waals surface area (Å²) in [6, 6.07) is 16.4. The number of hydrogen-bond acceptors (Lipinski definition) is 9. The number of nitrogens with zero attached hydrogens (tertiary/aromatic N) is 2. The van der Waals surface area contributed by atoms with E-state index in [1.807, 2.05) is 19.1 Å². The SMILES string of the molecule is CC(NC(=O)c1ccsn1)C(Oc1ccc(C(=O)O[C@H]2CCCN(C(=O)[C@H]3COC(=O)C3)C2)cc1)c1ccc(C2CC2)cc1. The second-order valence-electron chi connectivity index (χ2n) is 11.7. The van der Waals surface area contributed by atoms with Crippen LogP contribution in [0.5, 0.6) is 5.75 Å². The summed E-state index contributed by atoms with van der Waals surface area (Å²) in [6.07, 6.45) is 2.96. The van der Waals surface area contributed by atoms with Crippen LogP contribution in [0.3, 0.4) is 0 Å². The first-order valence-electron chi connectivity index (χ1n) is 15.1. The van der Waals surface area contributed by atoms with Gasteiger partial charge in [-0.2, -0.15) is 4.37 Å². The van der Waals surface area contributed by atoms with E-state index in [4.69, 9.17) is 14.2 Å². The molecule has 2 amide bonds. The first-order chi connectivity index (χ1) is 21.3. The molecule has 1 aromatic heterocycles. The third-order valence-electron chi connectivity index (χ3n) is 8.32. The largest absolute Gasteiger partial charge is 0.484 e. The van der Waals surface area contributed by atoms with Gasteiger partial charge in [0.1, 0.15) is 30.3 Å². The van der Waals surface area contributed by atoms with Crippen molar-refractivity contribution in [2.75, 3.05) is 19.7 Å². The maximum absolute atomic E-state index is 13.0. The summed E-state index contributed by atoms with van der Waals surface area (Å²) in [5.74, 6) is -0.542. The van der Waals surface area contributed by atoms with Crippen molar-refractivity contribution in [3.8, 4) is 5.75 Å². The van der Waals surface area contributed by atoms with Gasteiger partial charge in [-0.25, -0.2) is 4.79 Å². The average molecular weight is 618 g/mol. The lowest BCUT2D eigenvalue weighted by Crippen LogP contribution is -2.46. The number of ether oxygens (including phenoxy) is 3. The predicted octanol–water partition coefficient (Wildman–Crippen LogP) is 4.67. The minimum atomic E-state index is -0.491. The molecule has 2 aromatic carbocycles. The summed E-state index contributed by atoms with van der Waals surface area (Å²) in [4.78, 5) is 51.7. The highest BCUT2D eigenvalue weighted by atomic mass is 32.1. The quantitative estimate of drug-likeness (QED) is 0.326. The molecule has 2 unspecified atom stereocenters. The molecule has 2 saturated heterocycles. The van der Waals surface area contributed by atoms with Crippen molar-refractivity contribution in [3.63, 3.8) is 0 Å². The Kier molecular flexibility index (Phi) is 8.92. The Bertz CT molecular complexity index is 1490. The molecular formula is C33H35N3O7S. The zero-order valence-electron chi connectivity index (χ0n) is 24.5. The molecule has 230 valence electrons. The number of piperidine rings is 1. The lowest BCUT2D eigenvalue weighted by molar-refractivity contribution is -0.139. The monoisotopic (exact) mass is 617 g/mol. The molecule has 1 N–H and O–H groups in total. The number of nitrogens with one attached hydrogen (secondary N) is 1. The van der Waals surface area contributed by atoms with E-state index in [1.165, 1.54) is 29.9 Å². The van der Waals surface area contributed by atoms with E-state index in [0.29, 0.717) is 48.9 Å². The fourth-order valence-corrected chi connectivity index (χ4v) is 6.23. The van der Waals surface area contributed by atoms with Crippen LogP contribution in [0.2, 0.25) is 0 Å². The molecule has 1 saturated carbocycles. The van der Waals surface area contributed by atoms with E-state index < -0.39 is 24.1 Å². The van der Waals surface area contributed by atoms with Gasteiger partial charge in [-0.05, 0) is 91.5 Å². The molecule has 2 aliphatic heterocycles. The van der Waals surface area contributed by atoms with Crippen molar-refractivity contribution in [3.05, 3.63) is 82.4 Å².